The second-order valence-corrected chi connectivity index (χ2v) is 5.36. The Labute approximate surface area is 112 Å². The van der Waals surface area contributed by atoms with Crippen LogP contribution in [0, 0.1) is 0 Å². The van der Waals surface area contributed by atoms with E-state index in [1.54, 1.807) is 19.3 Å². The maximum atomic E-state index is 11.2. The number of alkyl halides is 2. The summed E-state index contributed by atoms with van der Waals surface area (Å²) in [6, 6.07) is 3.71. The van der Waals surface area contributed by atoms with E-state index in [0.29, 0.717) is 10.5 Å². The van der Waals surface area contributed by atoms with E-state index in [1.165, 1.54) is 0 Å². The highest BCUT2D eigenvalue weighted by Crippen LogP contribution is 2.12. The first kappa shape index (κ1) is 13.6. The van der Waals surface area contributed by atoms with E-state index in [2.05, 4.69) is 42.2 Å². The number of aryl methyl sites for hydroxylation is 1. The molecule has 16 heavy (non-hydrogen) atoms. The maximum Gasteiger partial charge on any atom is 0.269 e. The van der Waals surface area contributed by atoms with E-state index in [9.17, 15) is 4.79 Å². The quantitative estimate of drug-likeness (QED) is 0.830. The molecule has 5 heteroatoms. The smallest absolute Gasteiger partial charge is 0.269 e. The van der Waals surface area contributed by atoms with E-state index >= 15 is 0 Å². The molecule has 1 amide bonds. The first-order chi connectivity index (χ1) is 7.67. The Morgan fingerprint density at radius 3 is 2.81 bits per heavy atom. The highest BCUT2D eigenvalue weighted by atomic mass is 79.9. The summed E-state index contributed by atoms with van der Waals surface area (Å²) in [7, 11) is 1.60. The van der Waals surface area contributed by atoms with Gasteiger partial charge in [0.05, 0.1) is 0 Å². The van der Waals surface area contributed by atoms with Crippen molar-refractivity contribution in [2.45, 2.75) is 17.7 Å². The second kappa shape index (κ2) is 7.01. The predicted octanol–water partition coefficient (Wildman–Crippen LogP) is 2.53. The van der Waals surface area contributed by atoms with Gasteiger partial charge in [-0.1, -0.05) is 37.9 Å². The first-order valence-corrected chi connectivity index (χ1v) is 7.08. The molecule has 0 spiro atoms. The number of pyridine rings is 1. The molecule has 0 saturated heterocycles. The fourth-order valence-corrected chi connectivity index (χ4v) is 1.79. The average molecular weight is 350 g/mol. The Hall–Kier alpha value is -0.420. The van der Waals surface area contributed by atoms with E-state index in [4.69, 9.17) is 0 Å². The summed E-state index contributed by atoms with van der Waals surface area (Å²) in [5, 5.41) is 3.49. The van der Waals surface area contributed by atoms with Crippen LogP contribution in [0.1, 0.15) is 22.5 Å². The summed E-state index contributed by atoms with van der Waals surface area (Å²) >= 11 is 6.96. The van der Waals surface area contributed by atoms with Crippen LogP contribution in [0.2, 0.25) is 0 Å². The van der Waals surface area contributed by atoms with Crippen LogP contribution in [-0.2, 0) is 6.42 Å². The molecule has 1 unspecified atom stereocenters. The molecule has 0 saturated carbocycles. The molecule has 3 nitrogen and oxygen atoms in total. The van der Waals surface area contributed by atoms with Gasteiger partial charge in [-0.3, -0.25) is 9.78 Å². The fraction of sp³-hybridized carbons (Fsp3) is 0.455. The molecule has 0 fully saturated rings. The Kier molecular flexibility index (Phi) is 5.98. The fourth-order valence-electron chi connectivity index (χ4n) is 1.24. The van der Waals surface area contributed by atoms with Crippen molar-refractivity contribution in [1.82, 2.24) is 10.3 Å². The highest BCUT2D eigenvalue weighted by molar-refractivity contribution is 9.12. The number of hydrogen-bond donors (Lipinski definition) is 1. The van der Waals surface area contributed by atoms with Gasteiger partial charge in [0.1, 0.15) is 5.69 Å². The summed E-state index contributed by atoms with van der Waals surface area (Å²) in [6.45, 7) is 0. The standard InChI is InChI=1S/C11H14Br2N2O/c1-14-11(16)10-5-3-8(7-15-10)2-4-9(13)6-12/h3,5,7,9H,2,4,6H2,1H3,(H,14,16). The van der Waals surface area contributed by atoms with Crippen molar-refractivity contribution < 1.29 is 4.79 Å². The summed E-state index contributed by atoms with van der Waals surface area (Å²) in [6.07, 6.45) is 3.77. The van der Waals surface area contributed by atoms with E-state index in [1.807, 2.05) is 6.07 Å². The lowest BCUT2D eigenvalue weighted by molar-refractivity contribution is 0.0958. The molecule has 1 atom stereocenters. The number of aromatic nitrogens is 1. The van der Waals surface area contributed by atoms with Crippen molar-refractivity contribution in [2.75, 3.05) is 12.4 Å². The molecular weight excluding hydrogens is 336 g/mol. The normalized spacial score (nSPS) is 12.2. The molecule has 1 aromatic heterocycles. The van der Waals surface area contributed by atoms with Gasteiger partial charge < -0.3 is 5.32 Å². The van der Waals surface area contributed by atoms with Crippen LogP contribution in [0.4, 0.5) is 0 Å². The summed E-state index contributed by atoms with van der Waals surface area (Å²) in [4.78, 5) is 15.8. The van der Waals surface area contributed by atoms with Gasteiger partial charge in [-0.2, -0.15) is 0 Å². The number of halogens is 2. The lowest BCUT2D eigenvalue weighted by Crippen LogP contribution is -2.19. The molecule has 0 bridgehead atoms. The number of nitrogens with zero attached hydrogens (tertiary/aromatic N) is 1. The molecule has 1 N–H and O–H groups in total. The number of hydrogen-bond acceptors (Lipinski definition) is 2. The van der Waals surface area contributed by atoms with Crippen molar-refractivity contribution in [3.8, 4) is 0 Å². The Balaban J connectivity index is 2.54. The van der Waals surface area contributed by atoms with Crippen LogP contribution in [0.5, 0.6) is 0 Å². The third kappa shape index (κ3) is 4.22. The van der Waals surface area contributed by atoms with Gasteiger partial charge in [0.15, 0.2) is 0 Å². The SMILES string of the molecule is CNC(=O)c1ccc(CCC(Br)CBr)cn1. The Morgan fingerprint density at radius 1 is 1.56 bits per heavy atom. The van der Waals surface area contributed by atoms with Crippen LogP contribution >= 0.6 is 31.9 Å². The number of carbonyl (C=O) groups is 1. The third-order valence-corrected chi connectivity index (χ3v) is 4.63. The zero-order valence-corrected chi connectivity index (χ0v) is 12.2. The largest absolute Gasteiger partial charge is 0.354 e. The number of rotatable bonds is 5. The minimum Gasteiger partial charge on any atom is -0.354 e. The summed E-state index contributed by atoms with van der Waals surface area (Å²) in [5.74, 6) is -0.148. The van der Waals surface area contributed by atoms with E-state index in [-0.39, 0.29) is 5.91 Å². The highest BCUT2D eigenvalue weighted by Gasteiger charge is 2.05. The average Bonchev–Trinajstić information content (AvgIpc) is 2.35. The topological polar surface area (TPSA) is 42.0 Å². The minimum atomic E-state index is -0.148. The van der Waals surface area contributed by atoms with Crippen molar-refractivity contribution in [1.29, 1.82) is 0 Å². The first-order valence-electron chi connectivity index (χ1n) is 5.04. The number of carbonyl (C=O) groups excluding carboxylic acids is 1. The van der Waals surface area contributed by atoms with Crippen molar-refractivity contribution in [2.24, 2.45) is 0 Å². The zero-order chi connectivity index (χ0) is 12.0. The number of amides is 1. The molecule has 0 aromatic carbocycles. The predicted molar refractivity (Wildman–Crippen MR) is 72.5 cm³/mol. The van der Waals surface area contributed by atoms with Crippen LogP contribution in [0.25, 0.3) is 0 Å². The molecule has 1 heterocycles. The Morgan fingerprint density at radius 2 is 2.31 bits per heavy atom. The molecule has 0 aliphatic rings. The molecular formula is C11H14Br2N2O. The molecule has 88 valence electrons. The lowest BCUT2D eigenvalue weighted by Gasteiger charge is -2.05. The van der Waals surface area contributed by atoms with E-state index < -0.39 is 0 Å². The van der Waals surface area contributed by atoms with Gasteiger partial charge >= 0.3 is 0 Å². The van der Waals surface area contributed by atoms with Crippen molar-refractivity contribution >= 4 is 37.8 Å². The monoisotopic (exact) mass is 348 g/mol. The number of nitrogens with one attached hydrogen (secondary N) is 1. The van der Waals surface area contributed by atoms with Gasteiger partial charge in [-0.25, -0.2) is 0 Å². The molecule has 0 aliphatic carbocycles. The van der Waals surface area contributed by atoms with Gasteiger partial charge in [0.25, 0.3) is 5.91 Å². The lowest BCUT2D eigenvalue weighted by atomic mass is 10.1. The minimum absolute atomic E-state index is 0.148. The molecule has 0 aliphatic heterocycles. The van der Waals surface area contributed by atoms with Gasteiger partial charge in [-0.15, -0.1) is 0 Å². The van der Waals surface area contributed by atoms with Gasteiger partial charge in [0, 0.05) is 23.4 Å². The van der Waals surface area contributed by atoms with Crippen molar-refractivity contribution in [3.05, 3.63) is 29.6 Å². The second-order valence-electron chi connectivity index (χ2n) is 3.42. The van der Waals surface area contributed by atoms with Crippen LogP contribution in [0.3, 0.4) is 0 Å². The molecule has 0 radical (unpaired) electrons. The summed E-state index contributed by atoms with van der Waals surface area (Å²) in [5.41, 5.74) is 1.61. The molecule has 1 rings (SSSR count). The van der Waals surface area contributed by atoms with Crippen molar-refractivity contribution in [3.63, 3.8) is 0 Å². The van der Waals surface area contributed by atoms with Crippen LogP contribution in [-0.4, -0.2) is 28.1 Å². The maximum absolute atomic E-state index is 11.2. The van der Waals surface area contributed by atoms with Gasteiger partial charge in [-0.05, 0) is 24.5 Å². The third-order valence-electron chi connectivity index (χ3n) is 2.20. The Bertz CT molecular complexity index is 340. The van der Waals surface area contributed by atoms with E-state index in [0.717, 1.165) is 23.7 Å². The van der Waals surface area contributed by atoms with Crippen LogP contribution < -0.4 is 5.32 Å². The van der Waals surface area contributed by atoms with Crippen LogP contribution in [0.15, 0.2) is 18.3 Å². The summed E-state index contributed by atoms with van der Waals surface area (Å²) < 4.78 is 0. The zero-order valence-electron chi connectivity index (χ0n) is 9.04. The van der Waals surface area contributed by atoms with Gasteiger partial charge in [0.2, 0.25) is 0 Å². The molecule has 1 aromatic rings.